The minimum Gasteiger partial charge on any atom is -0.493 e. The van der Waals surface area contributed by atoms with Gasteiger partial charge in [-0.15, -0.1) is 13.2 Å². The second-order valence-corrected chi connectivity index (χ2v) is 5.50. The molecule has 1 atom stereocenters. The summed E-state index contributed by atoms with van der Waals surface area (Å²) >= 11 is 0. The fourth-order valence-electron chi connectivity index (χ4n) is 2.23. The van der Waals surface area contributed by atoms with Gasteiger partial charge >= 0.3 is 6.36 Å². The monoisotopic (exact) mass is 384 g/mol. The molecule has 6 nitrogen and oxygen atoms in total. The SMILES string of the molecule is COc1ccc(NC(=O)[C@H](C)Nc2ccc(OC(F)(F)F)cc2)cc1OC. The van der Waals surface area contributed by atoms with Crippen molar-refractivity contribution < 1.29 is 32.2 Å². The third-order valence-electron chi connectivity index (χ3n) is 3.52. The van der Waals surface area contributed by atoms with Crippen LogP contribution in [0.15, 0.2) is 42.5 Å². The van der Waals surface area contributed by atoms with Crippen LogP contribution in [0.3, 0.4) is 0 Å². The smallest absolute Gasteiger partial charge is 0.493 e. The van der Waals surface area contributed by atoms with Crippen LogP contribution in [0.2, 0.25) is 0 Å². The Morgan fingerprint density at radius 3 is 2.11 bits per heavy atom. The Kier molecular flexibility index (Phi) is 6.38. The lowest BCUT2D eigenvalue weighted by molar-refractivity contribution is -0.274. The summed E-state index contributed by atoms with van der Waals surface area (Å²) in [6, 6.07) is 9.40. The van der Waals surface area contributed by atoms with E-state index in [0.717, 1.165) is 12.1 Å². The van der Waals surface area contributed by atoms with Gasteiger partial charge < -0.3 is 24.8 Å². The van der Waals surface area contributed by atoms with E-state index >= 15 is 0 Å². The maximum absolute atomic E-state index is 12.3. The van der Waals surface area contributed by atoms with Gasteiger partial charge in [0.1, 0.15) is 11.8 Å². The maximum Gasteiger partial charge on any atom is 0.573 e. The van der Waals surface area contributed by atoms with Crippen molar-refractivity contribution in [3.05, 3.63) is 42.5 Å². The van der Waals surface area contributed by atoms with Gasteiger partial charge in [0.15, 0.2) is 11.5 Å². The van der Waals surface area contributed by atoms with Crippen molar-refractivity contribution >= 4 is 17.3 Å². The van der Waals surface area contributed by atoms with Crippen LogP contribution in [-0.4, -0.2) is 32.5 Å². The Labute approximate surface area is 154 Å². The Morgan fingerprint density at radius 1 is 0.963 bits per heavy atom. The normalized spacial score (nSPS) is 12.1. The van der Waals surface area contributed by atoms with Crippen LogP contribution >= 0.6 is 0 Å². The summed E-state index contributed by atoms with van der Waals surface area (Å²) in [5.41, 5.74) is 0.986. The zero-order valence-corrected chi connectivity index (χ0v) is 14.9. The molecule has 146 valence electrons. The molecule has 1 amide bonds. The molecule has 0 saturated carbocycles. The lowest BCUT2D eigenvalue weighted by atomic mass is 10.2. The first-order chi connectivity index (χ1) is 12.7. The Balaban J connectivity index is 1.97. The van der Waals surface area contributed by atoms with Gasteiger partial charge in [-0.25, -0.2) is 0 Å². The van der Waals surface area contributed by atoms with Crippen molar-refractivity contribution in [2.24, 2.45) is 0 Å². The van der Waals surface area contributed by atoms with E-state index in [9.17, 15) is 18.0 Å². The van der Waals surface area contributed by atoms with Crippen LogP contribution in [0.1, 0.15) is 6.92 Å². The second kappa shape index (κ2) is 8.52. The lowest BCUT2D eigenvalue weighted by Gasteiger charge is -2.17. The highest BCUT2D eigenvalue weighted by molar-refractivity contribution is 5.96. The predicted molar refractivity (Wildman–Crippen MR) is 94.4 cm³/mol. The maximum atomic E-state index is 12.3. The summed E-state index contributed by atoms with van der Waals surface area (Å²) in [7, 11) is 2.99. The molecular weight excluding hydrogens is 365 g/mol. The van der Waals surface area contributed by atoms with Gasteiger partial charge in [0.2, 0.25) is 5.91 Å². The molecule has 0 aromatic heterocycles. The van der Waals surface area contributed by atoms with Crippen molar-refractivity contribution in [1.29, 1.82) is 0 Å². The Hall–Kier alpha value is -3.10. The molecule has 0 fully saturated rings. The Bertz CT molecular complexity index is 779. The standard InChI is InChI=1S/C18H19F3N2O4/c1-11(22-12-4-7-14(8-5-12)27-18(19,20)21)17(24)23-13-6-9-15(25-2)16(10-13)26-3/h4-11,22H,1-3H3,(H,23,24)/t11-/m0/s1. The molecule has 0 bridgehead atoms. The van der Waals surface area contributed by atoms with Gasteiger partial charge in [-0.05, 0) is 43.3 Å². The molecule has 2 aromatic rings. The van der Waals surface area contributed by atoms with Crippen LogP contribution in [0.4, 0.5) is 24.5 Å². The average Bonchev–Trinajstić information content (AvgIpc) is 2.61. The van der Waals surface area contributed by atoms with E-state index in [1.165, 1.54) is 26.4 Å². The molecule has 9 heteroatoms. The number of carbonyl (C=O) groups excluding carboxylic acids is 1. The highest BCUT2D eigenvalue weighted by Gasteiger charge is 2.31. The van der Waals surface area contributed by atoms with Crippen molar-refractivity contribution in [1.82, 2.24) is 0 Å². The van der Waals surface area contributed by atoms with Crippen LogP contribution in [0.5, 0.6) is 17.2 Å². The molecule has 0 aliphatic carbocycles. The first kappa shape index (κ1) is 20.2. The number of ether oxygens (including phenoxy) is 3. The molecule has 0 heterocycles. The van der Waals surface area contributed by atoms with Crippen LogP contribution in [0, 0.1) is 0 Å². The number of amides is 1. The number of nitrogens with one attached hydrogen (secondary N) is 2. The van der Waals surface area contributed by atoms with Gasteiger partial charge in [0.05, 0.1) is 14.2 Å². The zero-order chi connectivity index (χ0) is 20.0. The van der Waals surface area contributed by atoms with Gasteiger partial charge in [-0.3, -0.25) is 4.79 Å². The minimum absolute atomic E-state index is 0.335. The number of benzene rings is 2. The molecule has 0 radical (unpaired) electrons. The summed E-state index contributed by atoms with van der Waals surface area (Å²) in [4.78, 5) is 12.3. The average molecular weight is 384 g/mol. The van der Waals surface area contributed by atoms with Gasteiger partial charge in [-0.1, -0.05) is 0 Å². The number of carbonyl (C=O) groups is 1. The number of halogens is 3. The summed E-state index contributed by atoms with van der Waals surface area (Å²) in [6.45, 7) is 1.62. The fraction of sp³-hybridized carbons (Fsp3) is 0.278. The molecule has 27 heavy (non-hydrogen) atoms. The topological polar surface area (TPSA) is 68.8 Å². The van der Waals surface area contributed by atoms with Crippen LogP contribution in [0.25, 0.3) is 0 Å². The van der Waals surface area contributed by atoms with E-state index in [2.05, 4.69) is 15.4 Å². The minimum atomic E-state index is -4.75. The zero-order valence-electron chi connectivity index (χ0n) is 14.9. The van der Waals surface area contributed by atoms with Crippen molar-refractivity contribution in [3.8, 4) is 17.2 Å². The molecular formula is C18H19F3N2O4. The van der Waals surface area contributed by atoms with Crippen molar-refractivity contribution in [3.63, 3.8) is 0 Å². The van der Waals surface area contributed by atoms with E-state index in [0.29, 0.717) is 22.9 Å². The highest BCUT2D eigenvalue weighted by Crippen LogP contribution is 2.30. The quantitative estimate of drug-likeness (QED) is 0.754. The number of methoxy groups -OCH3 is 2. The third-order valence-corrected chi connectivity index (χ3v) is 3.52. The van der Waals surface area contributed by atoms with Gasteiger partial charge in [0.25, 0.3) is 0 Å². The van der Waals surface area contributed by atoms with E-state index in [1.54, 1.807) is 25.1 Å². The summed E-state index contributed by atoms with van der Waals surface area (Å²) in [5, 5.41) is 5.62. The van der Waals surface area contributed by atoms with Crippen molar-refractivity contribution in [2.45, 2.75) is 19.3 Å². The highest BCUT2D eigenvalue weighted by atomic mass is 19.4. The van der Waals surface area contributed by atoms with E-state index in [4.69, 9.17) is 9.47 Å². The number of rotatable bonds is 7. The number of hydrogen-bond donors (Lipinski definition) is 2. The number of anilines is 2. The first-order valence-electron chi connectivity index (χ1n) is 7.87. The lowest BCUT2D eigenvalue weighted by Crippen LogP contribution is -2.31. The van der Waals surface area contributed by atoms with E-state index in [1.807, 2.05) is 0 Å². The van der Waals surface area contributed by atoms with E-state index < -0.39 is 12.4 Å². The number of alkyl halides is 3. The molecule has 0 saturated heterocycles. The second-order valence-electron chi connectivity index (χ2n) is 5.50. The molecule has 0 aliphatic heterocycles. The fourth-order valence-corrected chi connectivity index (χ4v) is 2.23. The summed E-state index contributed by atoms with van der Waals surface area (Å²) < 4.78 is 50.6. The molecule has 0 aliphatic rings. The predicted octanol–water partition coefficient (Wildman–Crippen LogP) is 4.04. The third kappa shape index (κ3) is 5.98. The number of hydrogen-bond acceptors (Lipinski definition) is 5. The van der Waals surface area contributed by atoms with Crippen molar-refractivity contribution in [2.75, 3.05) is 24.9 Å². The Morgan fingerprint density at radius 2 is 1.56 bits per heavy atom. The van der Waals surface area contributed by atoms with Crippen LogP contribution in [-0.2, 0) is 4.79 Å². The largest absolute Gasteiger partial charge is 0.573 e. The summed E-state index contributed by atoms with van der Waals surface area (Å²) in [6.07, 6.45) is -4.75. The van der Waals surface area contributed by atoms with Gasteiger partial charge in [0, 0.05) is 17.4 Å². The molecule has 2 N–H and O–H groups in total. The molecule has 2 rings (SSSR count). The summed E-state index contributed by atoms with van der Waals surface area (Å²) in [5.74, 6) is 0.326. The molecule has 0 unspecified atom stereocenters. The molecule has 0 spiro atoms. The van der Waals surface area contributed by atoms with E-state index in [-0.39, 0.29) is 11.7 Å². The molecule has 2 aromatic carbocycles. The van der Waals surface area contributed by atoms with Crippen LogP contribution < -0.4 is 24.8 Å². The first-order valence-corrected chi connectivity index (χ1v) is 7.87. The van der Waals surface area contributed by atoms with Gasteiger partial charge in [-0.2, -0.15) is 0 Å².